The molecule has 17 heavy (non-hydrogen) atoms. The van der Waals surface area contributed by atoms with Crippen LogP contribution in [0.3, 0.4) is 0 Å². The number of Topliss-reactive ketones (excluding diaryl/α,β-unsaturated/α-hetero) is 1. The molecule has 0 saturated carbocycles. The fraction of sp³-hybridized carbons (Fsp3) is 0.154. The van der Waals surface area contributed by atoms with Gasteiger partial charge in [-0.15, -0.1) is 11.3 Å². The number of carbonyl (C=O) groups is 1. The number of rotatable bonds is 4. The van der Waals surface area contributed by atoms with Gasteiger partial charge in [-0.1, -0.05) is 22.0 Å². The Labute approximate surface area is 112 Å². The minimum atomic E-state index is 0.0144. The molecule has 0 aliphatic heterocycles. The lowest BCUT2D eigenvalue weighted by Crippen LogP contribution is -2.10. The number of hydrogen-bond donors (Lipinski definition) is 0. The molecule has 0 atom stereocenters. The van der Waals surface area contributed by atoms with Gasteiger partial charge in [-0.2, -0.15) is 0 Å². The summed E-state index contributed by atoms with van der Waals surface area (Å²) < 4.78 is 6.50. The quantitative estimate of drug-likeness (QED) is 0.795. The zero-order chi connectivity index (χ0) is 12.3. The molecule has 0 radical (unpaired) electrons. The van der Waals surface area contributed by atoms with Crippen LogP contribution in [0.15, 0.2) is 40.2 Å². The van der Waals surface area contributed by atoms with Gasteiger partial charge in [0.05, 0.1) is 4.88 Å². The molecule has 1 aromatic carbocycles. The molecule has 2 rings (SSSR count). The summed E-state index contributed by atoms with van der Waals surface area (Å²) in [5.74, 6) is 0.733. The largest absolute Gasteiger partial charge is 0.485 e. The smallest absolute Gasteiger partial charge is 0.210 e. The molecule has 0 N–H and O–H groups in total. The van der Waals surface area contributed by atoms with E-state index in [9.17, 15) is 4.79 Å². The van der Waals surface area contributed by atoms with Crippen LogP contribution in [-0.4, -0.2) is 12.4 Å². The molecule has 1 heterocycles. The molecule has 88 valence electrons. The molecule has 2 aromatic rings. The summed E-state index contributed by atoms with van der Waals surface area (Å²) in [6.07, 6.45) is 0. The predicted octanol–water partition coefficient (Wildman–Crippen LogP) is 4.08. The summed E-state index contributed by atoms with van der Waals surface area (Å²) in [5, 5.41) is 1.89. The van der Waals surface area contributed by atoms with E-state index in [1.54, 1.807) is 0 Å². The summed E-state index contributed by atoms with van der Waals surface area (Å²) in [6.45, 7) is 2.07. The number of hydrogen-bond acceptors (Lipinski definition) is 3. The Morgan fingerprint density at radius 3 is 2.88 bits per heavy atom. The lowest BCUT2D eigenvalue weighted by molar-refractivity contribution is 0.0925. The van der Waals surface area contributed by atoms with Crippen LogP contribution in [0, 0.1) is 6.92 Å². The molecule has 0 fully saturated rings. The molecule has 0 saturated heterocycles. The number of benzene rings is 1. The number of aryl methyl sites for hydroxylation is 1. The van der Waals surface area contributed by atoms with Crippen molar-refractivity contribution in [2.45, 2.75) is 6.92 Å². The van der Waals surface area contributed by atoms with Crippen LogP contribution >= 0.6 is 27.3 Å². The monoisotopic (exact) mass is 310 g/mol. The van der Waals surface area contributed by atoms with Crippen molar-refractivity contribution in [1.29, 1.82) is 0 Å². The maximum Gasteiger partial charge on any atom is 0.210 e. The molecule has 0 amide bonds. The summed E-state index contributed by atoms with van der Waals surface area (Å²) in [6, 6.07) is 9.34. The average Bonchev–Trinajstić information content (AvgIpc) is 2.84. The van der Waals surface area contributed by atoms with E-state index in [1.165, 1.54) is 11.3 Å². The third-order valence-electron chi connectivity index (χ3n) is 2.30. The predicted molar refractivity (Wildman–Crippen MR) is 73.0 cm³/mol. The second kappa shape index (κ2) is 5.47. The number of halogens is 1. The van der Waals surface area contributed by atoms with Gasteiger partial charge >= 0.3 is 0 Å². The van der Waals surface area contributed by atoms with E-state index in [2.05, 4.69) is 15.9 Å². The molecular formula is C13H11BrO2S. The van der Waals surface area contributed by atoms with Gasteiger partial charge in [0.25, 0.3) is 0 Å². The third kappa shape index (κ3) is 3.17. The minimum absolute atomic E-state index is 0.0144. The van der Waals surface area contributed by atoms with Crippen molar-refractivity contribution in [3.8, 4) is 5.75 Å². The first kappa shape index (κ1) is 12.3. The topological polar surface area (TPSA) is 26.3 Å². The number of ketones is 1. The van der Waals surface area contributed by atoms with Crippen LogP contribution in [0.2, 0.25) is 0 Å². The summed E-state index contributed by atoms with van der Waals surface area (Å²) >= 11 is 4.85. The first-order chi connectivity index (χ1) is 8.16. The maximum atomic E-state index is 11.7. The highest BCUT2D eigenvalue weighted by molar-refractivity contribution is 9.10. The van der Waals surface area contributed by atoms with Crippen molar-refractivity contribution in [2.24, 2.45) is 0 Å². The fourth-order valence-corrected chi connectivity index (χ4v) is 2.26. The maximum absolute atomic E-state index is 11.7. The highest BCUT2D eigenvalue weighted by Crippen LogP contribution is 2.21. The highest BCUT2D eigenvalue weighted by Gasteiger charge is 2.07. The Morgan fingerprint density at radius 2 is 2.24 bits per heavy atom. The SMILES string of the molecule is Cc1cc(OCC(=O)c2cccs2)ccc1Br. The van der Waals surface area contributed by atoms with E-state index in [0.29, 0.717) is 0 Å². The molecule has 0 aliphatic rings. The Kier molecular flexibility index (Phi) is 3.97. The van der Waals surface area contributed by atoms with E-state index in [-0.39, 0.29) is 12.4 Å². The van der Waals surface area contributed by atoms with Crippen LogP contribution in [0.1, 0.15) is 15.2 Å². The van der Waals surface area contributed by atoms with Crippen LogP contribution in [0.4, 0.5) is 0 Å². The van der Waals surface area contributed by atoms with Gasteiger partial charge in [0, 0.05) is 4.47 Å². The summed E-state index contributed by atoms with van der Waals surface area (Å²) in [5.41, 5.74) is 1.09. The van der Waals surface area contributed by atoms with Crippen molar-refractivity contribution in [1.82, 2.24) is 0 Å². The van der Waals surface area contributed by atoms with Crippen LogP contribution in [-0.2, 0) is 0 Å². The van der Waals surface area contributed by atoms with Crippen molar-refractivity contribution in [3.63, 3.8) is 0 Å². The zero-order valence-corrected chi connectivity index (χ0v) is 11.7. The standard InChI is InChI=1S/C13H11BrO2S/c1-9-7-10(4-5-11(9)14)16-8-12(15)13-3-2-6-17-13/h2-7H,8H2,1H3. The van der Waals surface area contributed by atoms with Crippen molar-refractivity contribution >= 4 is 33.0 Å². The van der Waals surface area contributed by atoms with Gasteiger partial charge in [-0.25, -0.2) is 0 Å². The number of carbonyl (C=O) groups excluding carboxylic acids is 1. The van der Waals surface area contributed by atoms with E-state index >= 15 is 0 Å². The lowest BCUT2D eigenvalue weighted by atomic mass is 10.2. The van der Waals surface area contributed by atoms with E-state index in [4.69, 9.17) is 4.74 Å². The Morgan fingerprint density at radius 1 is 1.41 bits per heavy atom. The van der Waals surface area contributed by atoms with Crippen molar-refractivity contribution in [3.05, 3.63) is 50.6 Å². The van der Waals surface area contributed by atoms with Gasteiger partial charge in [0.15, 0.2) is 6.61 Å². The van der Waals surface area contributed by atoms with Gasteiger partial charge in [0.2, 0.25) is 5.78 Å². The van der Waals surface area contributed by atoms with Gasteiger partial charge < -0.3 is 4.74 Å². The van der Waals surface area contributed by atoms with Gasteiger partial charge in [0.1, 0.15) is 5.75 Å². The minimum Gasteiger partial charge on any atom is -0.485 e. The molecule has 0 aliphatic carbocycles. The second-order valence-corrected chi connectivity index (χ2v) is 5.40. The lowest BCUT2D eigenvalue weighted by Gasteiger charge is -2.06. The third-order valence-corrected chi connectivity index (χ3v) is 4.10. The molecular weight excluding hydrogens is 300 g/mol. The Bertz CT molecular complexity index is 520. The fourth-order valence-electron chi connectivity index (χ4n) is 1.36. The van der Waals surface area contributed by atoms with E-state index < -0.39 is 0 Å². The van der Waals surface area contributed by atoms with Crippen LogP contribution in [0.25, 0.3) is 0 Å². The normalized spacial score (nSPS) is 10.2. The van der Waals surface area contributed by atoms with E-state index in [1.807, 2.05) is 42.6 Å². The Hall–Kier alpha value is -1.13. The zero-order valence-electron chi connectivity index (χ0n) is 9.27. The Balaban J connectivity index is 1.98. The molecule has 2 nitrogen and oxygen atoms in total. The molecule has 0 spiro atoms. The summed E-state index contributed by atoms with van der Waals surface area (Å²) in [7, 11) is 0. The molecule has 4 heteroatoms. The van der Waals surface area contributed by atoms with Gasteiger partial charge in [-0.05, 0) is 42.1 Å². The van der Waals surface area contributed by atoms with Crippen molar-refractivity contribution in [2.75, 3.05) is 6.61 Å². The highest BCUT2D eigenvalue weighted by atomic mass is 79.9. The first-order valence-corrected chi connectivity index (χ1v) is 6.80. The van der Waals surface area contributed by atoms with Crippen molar-refractivity contribution < 1.29 is 9.53 Å². The molecule has 1 aromatic heterocycles. The molecule has 0 unspecified atom stereocenters. The number of ether oxygens (including phenoxy) is 1. The number of thiophene rings is 1. The molecule has 0 bridgehead atoms. The first-order valence-electron chi connectivity index (χ1n) is 5.12. The second-order valence-electron chi connectivity index (χ2n) is 3.60. The summed E-state index contributed by atoms with van der Waals surface area (Å²) in [4.78, 5) is 12.4. The van der Waals surface area contributed by atoms with Gasteiger partial charge in [-0.3, -0.25) is 4.79 Å². The van der Waals surface area contributed by atoms with Crippen LogP contribution in [0.5, 0.6) is 5.75 Å². The van der Waals surface area contributed by atoms with E-state index in [0.717, 1.165) is 20.7 Å². The van der Waals surface area contributed by atoms with Crippen LogP contribution < -0.4 is 4.74 Å². The average molecular weight is 311 g/mol.